The Bertz CT molecular complexity index is 1480. The van der Waals surface area contributed by atoms with Crippen molar-refractivity contribution in [2.24, 2.45) is 0 Å². The molecule has 40 heavy (non-hydrogen) atoms. The second kappa shape index (κ2) is 13.0. The standard InChI is InChI=1S/C32H33ClN4O3/c33-26-14-11-24(12-15-26)31-28(9-4-5-10-30(38)39)34-29-21-25(13-16-27(29)35-31)32(40)37-18-6-17-36(19-20-37)22-23-7-2-1-3-8-23/h1-3,7-8,11-16,21H,4-6,9-10,17-20,22H2,(H,38,39). The smallest absolute Gasteiger partial charge is 0.303 e. The lowest BCUT2D eigenvalue weighted by Gasteiger charge is -2.22. The van der Waals surface area contributed by atoms with E-state index in [1.54, 1.807) is 0 Å². The van der Waals surface area contributed by atoms with Crippen molar-refractivity contribution in [3.63, 3.8) is 0 Å². The third-order valence-electron chi connectivity index (χ3n) is 7.28. The van der Waals surface area contributed by atoms with Gasteiger partial charge in [0.1, 0.15) is 0 Å². The second-order valence-electron chi connectivity index (χ2n) is 10.2. The fourth-order valence-electron chi connectivity index (χ4n) is 5.16. The van der Waals surface area contributed by atoms with E-state index in [-0.39, 0.29) is 12.3 Å². The van der Waals surface area contributed by atoms with Crippen molar-refractivity contribution in [2.75, 3.05) is 26.2 Å². The Labute approximate surface area is 239 Å². The molecule has 0 atom stereocenters. The van der Waals surface area contributed by atoms with Crippen molar-refractivity contribution in [2.45, 2.75) is 38.6 Å². The quantitative estimate of drug-likeness (QED) is 0.251. The molecule has 0 unspecified atom stereocenters. The molecule has 2 heterocycles. The van der Waals surface area contributed by atoms with Gasteiger partial charge in [-0.15, -0.1) is 0 Å². The molecule has 3 aromatic carbocycles. The first-order chi connectivity index (χ1) is 19.5. The Morgan fingerprint density at radius 1 is 0.850 bits per heavy atom. The average Bonchev–Trinajstić information content (AvgIpc) is 3.20. The van der Waals surface area contributed by atoms with Gasteiger partial charge < -0.3 is 10.0 Å². The molecule has 1 aliphatic rings. The van der Waals surface area contributed by atoms with Gasteiger partial charge in [0.15, 0.2) is 0 Å². The summed E-state index contributed by atoms with van der Waals surface area (Å²) in [5.74, 6) is -0.794. The number of hydrogen-bond acceptors (Lipinski definition) is 5. The number of carboxylic acid groups (broad SMARTS) is 1. The molecule has 1 aliphatic heterocycles. The molecule has 0 radical (unpaired) electrons. The molecule has 1 amide bonds. The molecule has 1 aromatic heterocycles. The number of halogens is 1. The van der Waals surface area contributed by atoms with E-state index in [9.17, 15) is 9.59 Å². The minimum Gasteiger partial charge on any atom is -0.481 e. The van der Waals surface area contributed by atoms with Crippen LogP contribution in [-0.4, -0.2) is 62.9 Å². The van der Waals surface area contributed by atoms with Crippen molar-refractivity contribution < 1.29 is 14.7 Å². The first kappa shape index (κ1) is 27.7. The van der Waals surface area contributed by atoms with Crippen molar-refractivity contribution >= 4 is 34.5 Å². The van der Waals surface area contributed by atoms with Gasteiger partial charge in [0, 0.05) is 55.3 Å². The number of carboxylic acids is 1. The third-order valence-corrected chi connectivity index (χ3v) is 7.53. The predicted molar refractivity (Wildman–Crippen MR) is 157 cm³/mol. The number of amides is 1. The van der Waals surface area contributed by atoms with Crippen LogP contribution in [0.25, 0.3) is 22.3 Å². The monoisotopic (exact) mass is 556 g/mol. The van der Waals surface area contributed by atoms with Gasteiger partial charge in [0.05, 0.1) is 22.4 Å². The van der Waals surface area contributed by atoms with Crippen LogP contribution in [0.2, 0.25) is 5.02 Å². The number of aromatic nitrogens is 2. The highest BCUT2D eigenvalue weighted by Crippen LogP contribution is 2.27. The number of rotatable bonds is 9. The van der Waals surface area contributed by atoms with Crippen LogP contribution in [0, 0.1) is 0 Å². The Balaban J connectivity index is 1.35. The lowest BCUT2D eigenvalue weighted by molar-refractivity contribution is -0.137. The number of aliphatic carboxylic acids is 1. The summed E-state index contributed by atoms with van der Waals surface area (Å²) in [5, 5.41) is 9.66. The number of aryl methyl sites for hydroxylation is 1. The molecular weight excluding hydrogens is 524 g/mol. The highest BCUT2D eigenvalue weighted by atomic mass is 35.5. The maximum Gasteiger partial charge on any atom is 0.303 e. The average molecular weight is 557 g/mol. The fourth-order valence-corrected chi connectivity index (χ4v) is 5.29. The Hall–Kier alpha value is -3.81. The highest BCUT2D eigenvalue weighted by Gasteiger charge is 2.21. The van der Waals surface area contributed by atoms with Crippen LogP contribution in [0.15, 0.2) is 72.8 Å². The lowest BCUT2D eigenvalue weighted by atomic mass is 10.0. The van der Waals surface area contributed by atoms with Crippen molar-refractivity contribution in [1.82, 2.24) is 19.8 Å². The minimum atomic E-state index is -0.803. The molecule has 5 rings (SSSR count). The Kier molecular flexibility index (Phi) is 9.04. The predicted octanol–water partition coefficient (Wildman–Crippen LogP) is 6.10. The first-order valence-electron chi connectivity index (χ1n) is 13.8. The van der Waals surface area contributed by atoms with E-state index < -0.39 is 5.97 Å². The first-order valence-corrected chi connectivity index (χ1v) is 14.2. The number of benzene rings is 3. The number of unbranched alkanes of at least 4 members (excludes halogenated alkanes) is 1. The number of nitrogens with zero attached hydrogens (tertiary/aromatic N) is 4. The molecule has 8 heteroatoms. The zero-order chi connectivity index (χ0) is 27.9. The third kappa shape index (κ3) is 7.03. The van der Waals surface area contributed by atoms with Crippen molar-refractivity contribution in [3.8, 4) is 11.3 Å². The van der Waals surface area contributed by atoms with Crippen LogP contribution in [0.4, 0.5) is 0 Å². The molecule has 0 bridgehead atoms. The summed E-state index contributed by atoms with van der Waals surface area (Å²) in [6.45, 7) is 4.08. The summed E-state index contributed by atoms with van der Waals surface area (Å²) in [6, 6.07) is 23.4. The number of hydrogen-bond donors (Lipinski definition) is 1. The van der Waals surface area contributed by atoms with Gasteiger partial charge in [-0.25, -0.2) is 9.97 Å². The van der Waals surface area contributed by atoms with Crippen LogP contribution in [0.5, 0.6) is 0 Å². The SMILES string of the molecule is O=C(O)CCCCc1nc2cc(C(=O)N3CCCN(Cc4ccccc4)CC3)ccc2nc1-c1ccc(Cl)cc1. The topological polar surface area (TPSA) is 86.6 Å². The number of fused-ring (bicyclic) bond motifs is 1. The normalized spacial score (nSPS) is 14.3. The van der Waals surface area contributed by atoms with Gasteiger partial charge in [-0.3, -0.25) is 14.5 Å². The molecule has 0 spiro atoms. The highest BCUT2D eigenvalue weighted by molar-refractivity contribution is 6.30. The minimum absolute atomic E-state index is 0.00930. The van der Waals surface area contributed by atoms with E-state index in [1.165, 1.54) is 5.56 Å². The summed E-state index contributed by atoms with van der Waals surface area (Å²) < 4.78 is 0. The van der Waals surface area contributed by atoms with Gasteiger partial charge in [-0.2, -0.15) is 0 Å². The van der Waals surface area contributed by atoms with Crippen LogP contribution >= 0.6 is 11.6 Å². The maximum absolute atomic E-state index is 13.5. The molecule has 1 saturated heterocycles. The van der Waals surface area contributed by atoms with Gasteiger partial charge in [0.2, 0.25) is 0 Å². The van der Waals surface area contributed by atoms with E-state index in [4.69, 9.17) is 26.7 Å². The van der Waals surface area contributed by atoms with Gasteiger partial charge >= 0.3 is 5.97 Å². The zero-order valence-electron chi connectivity index (χ0n) is 22.4. The summed E-state index contributed by atoms with van der Waals surface area (Å²) >= 11 is 6.10. The van der Waals surface area contributed by atoms with E-state index in [2.05, 4.69) is 29.2 Å². The van der Waals surface area contributed by atoms with Crippen LogP contribution in [0.3, 0.4) is 0 Å². The van der Waals surface area contributed by atoms with Gasteiger partial charge in [0.25, 0.3) is 5.91 Å². The summed E-state index contributed by atoms with van der Waals surface area (Å²) in [4.78, 5) is 38.7. The number of carbonyl (C=O) groups is 2. The van der Waals surface area contributed by atoms with Crippen LogP contribution in [-0.2, 0) is 17.8 Å². The summed E-state index contributed by atoms with van der Waals surface area (Å²) in [7, 11) is 0. The summed E-state index contributed by atoms with van der Waals surface area (Å²) in [5.41, 5.74) is 5.71. The van der Waals surface area contributed by atoms with E-state index in [1.807, 2.05) is 53.4 Å². The van der Waals surface area contributed by atoms with Crippen molar-refractivity contribution in [1.29, 1.82) is 0 Å². The lowest BCUT2D eigenvalue weighted by Crippen LogP contribution is -2.35. The van der Waals surface area contributed by atoms with E-state index in [0.29, 0.717) is 47.4 Å². The van der Waals surface area contributed by atoms with E-state index >= 15 is 0 Å². The van der Waals surface area contributed by atoms with Crippen molar-refractivity contribution in [3.05, 3.63) is 94.6 Å². The largest absolute Gasteiger partial charge is 0.481 e. The maximum atomic E-state index is 13.5. The molecule has 1 N–H and O–H groups in total. The molecular formula is C32H33ClN4O3. The molecule has 4 aromatic rings. The molecule has 7 nitrogen and oxygen atoms in total. The fraction of sp³-hybridized carbons (Fsp3) is 0.312. The Morgan fingerprint density at radius 3 is 2.42 bits per heavy atom. The second-order valence-corrected chi connectivity index (χ2v) is 10.7. The van der Waals surface area contributed by atoms with Crippen LogP contribution < -0.4 is 0 Å². The molecule has 206 valence electrons. The van der Waals surface area contributed by atoms with E-state index in [0.717, 1.165) is 49.6 Å². The molecule has 1 fully saturated rings. The molecule has 0 saturated carbocycles. The van der Waals surface area contributed by atoms with Gasteiger partial charge in [-0.05, 0) is 61.6 Å². The summed E-state index contributed by atoms with van der Waals surface area (Å²) in [6.07, 6.45) is 2.88. The van der Waals surface area contributed by atoms with Gasteiger partial charge in [-0.1, -0.05) is 54.1 Å². The zero-order valence-corrected chi connectivity index (χ0v) is 23.2. The van der Waals surface area contributed by atoms with Crippen LogP contribution in [0.1, 0.15) is 47.3 Å². The Morgan fingerprint density at radius 2 is 1.65 bits per heavy atom. The molecule has 0 aliphatic carbocycles. The number of carbonyl (C=O) groups excluding carboxylic acids is 1.